The smallest absolute Gasteiger partial charge is 0.138 e. The van der Waals surface area contributed by atoms with Gasteiger partial charge >= 0.3 is 0 Å². The lowest BCUT2D eigenvalue weighted by molar-refractivity contribution is 0.278. The van der Waals surface area contributed by atoms with Crippen LogP contribution >= 0.6 is 60.2 Å². The largest absolute Gasteiger partial charge is 0.348 e. The maximum Gasteiger partial charge on any atom is 0.138 e. The van der Waals surface area contributed by atoms with Gasteiger partial charge < -0.3 is 9.80 Å². The van der Waals surface area contributed by atoms with E-state index in [1.54, 1.807) is 30.6 Å². The third-order valence-electron chi connectivity index (χ3n) is 2.44. The van der Waals surface area contributed by atoms with Crippen LogP contribution in [0.3, 0.4) is 0 Å². The van der Waals surface area contributed by atoms with Crippen molar-refractivity contribution in [2.75, 3.05) is 60.3 Å². The Hall–Kier alpha value is 0.200. The minimum atomic E-state index is 0.964. The Morgan fingerprint density at radius 1 is 0.909 bits per heavy atom. The number of hydrogen-bond acceptors (Lipinski definition) is 8. The van der Waals surface area contributed by atoms with Gasteiger partial charge in [-0.3, -0.25) is 9.80 Å². The van der Waals surface area contributed by atoms with Crippen molar-refractivity contribution >= 4 is 74.0 Å². The summed E-state index contributed by atoms with van der Waals surface area (Å²) in [6.45, 7) is 1.93. The molecule has 0 spiro atoms. The predicted octanol–water partition coefficient (Wildman–Crippen LogP) is 2.31. The fourth-order valence-corrected chi connectivity index (χ4v) is 3.29. The van der Waals surface area contributed by atoms with Gasteiger partial charge in [-0.25, -0.2) is 4.99 Å². The van der Waals surface area contributed by atoms with E-state index in [-0.39, 0.29) is 0 Å². The molecule has 2 saturated heterocycles. The summed E-state index contributed by atoms with van der Waals surface area (Å²) in [5, 5.41) is 2.14. The first-order chi connectivity index (χ1) is 10.3. The van der Waals surface area contributed by atoms with E-state index in [1.807, 2.05) is 14.1 Å². The normalized spacial score (nSPS) is 19.5. The van der Waals surface area contributed by atoms with Crippen LogP contribution < -0.4 is 0 Å². The van der Waals surface area contributed by atoms with Crippen LogP contribution in [0.2, 0.25) is 0 Å². The number of thiocarbonyl (C=S) groups is 3. The second-order valence-electron chi connectivity index (χ2n) is 4.78. The summed E-state index contributed by atoms with van der Waals surface area (Å²) in [6.07, 6.45) is 0. The zero-order chi connectivity index (χ0) is 17.1. The average Bonchev–Trinajstić information content (AvgIpc) is 2.48. The molecule has 22 heavy (non-hydrogen) atoms. The Balaban J connectivity index is 0.000000326. The van der Waals surface area contributed by atoms with E-state index >= 15 is 0 Å². The van der Waals surface area contributed by atoms with Crippen molar-refractivity contribution in [3.05, 3.63) is 0 Å². The molecule has 2 aliphatic rings. The average molecular weight is 398 g/mol. The van der Waals surface area contributed by atoms with Gasteiger partial charge in [0, 0.05) is 21.1 Å². The Morgan fingerprint density at radius 3 is 1.41 bits per heavy atom. The van der Waals surface area contributed by atoms with Gasteiger partial charge in [0.15, 0.2) is 0 Å². The van der Waals surface area contributed by atoms with Crippen LogP contribution in [0.25, 0.3) is 0 Å². The standard InChI is InChI=1S/2C5H10N2S2.C2H3NS/c2*1-6-3-7(2)5(8)9-4-6;1-3-2-4/h2*3-4H2,1-2H3;1H3. The summed E-state index contributed by atoms with van der Waals surface area (Å²) in [6, 6.07) is 0. The number of nitrogens with zero attached hydrogens (tertiary/aromatic N) is 5. The van der Waals surface area contributed by atoms with Crippen LogP contribution in [-0.2, 0) is 0 Å². The quantitative estimate of drug-likeness (QED) is 0.450. The Labute approximate surface area is 158 Å². The Morgan fingerprint density at radius 2 is 1.23 bits per heavy atom. The van der Waals surface area contributed by atoms with E-state index in [9.17, 15) is 0 Å². The summed E-state index contributed by atoms with van der Waals surface area (Å²) in [7, 11) is 9.81. The molecule has 0 atom stereocenters. The molecule has 5 nitrogen and oxygen atoms in total. The van der Waals surface area contributed by atoms with Gasteiger partial charge in [0.05, 0.1) is 30.3 Å². The zero-order valence-electron chi connectivity index (χ0n) is 13.6. The first-order valence-corrected chi connectivity index (χ1v) is 9.60. The van der Waals surface area contributed by atoms with Crippen LogP contribution in [0, 0.1) is 0 Å². The van der Waals surface area contributed by atoms with Crippen molar-refractivity contribution in [2.45, 2.75) is 0 Å². The third-order valence-corrected chi connectivity index (χ3v) is 6.21. The summed E-state index contributed by atoms with van der Waals surface area (Å²) >= 11 is 17.7. The summed E-state index contributed by atoms with van der Waals surface area (Å²) < 4.78 is 2.02. The first kappa shape index (κ1) is 22.2. The van der Waals surface area contributed by atoms with Crippen molar-refractivity contribution in [3.63, 3.8) is 0 Å². The molecule has 2 aliphatic heterocycles. The minimum absolute atomic E-state index is 0.964. The van der Waals surface area contributed by atoms with Crippen molar-refractivity contribution in [1.82, 2.24) is 19.6 Å². The molecule has 2 fully saturated rings. The van der Waals surface area contributed by atoms with Gasteiger partial charge in [0.2, 0.25) is 0 Å². The van der Waals surface area contributed by atoms with Gasteiger partial charge in [0.1, 0.15) is 8.64 Å². The van der Waals surface area contributed by atoms with Crippen LogP contribution in [-0.4, -0.2) is 93.7 Å². The highest BCUT2D eigenvalue weighted by Crippen LogP contribution is 2.15. The molecule has 0 aromatic heterocycles. The molecule has 0 unspecified atom stereocenters. The molecule has 0 aromatic carbocycles. The van der Waals surface area contributed by atoms with E-state index in [0.29, 0.717) is 0 Å². The maximum atomic E-state index is 5.04. The monoisotopic (exact) mass is 397 g/mol. The van der Waals surface area contributed by atoms with Crippen LogP contribution in [0.15, 0.2) is 4.99 Å². The number of thioether (sulfide) groups is 2. The van der Waals surface area contributed by atoms with Gasteiger partial charge in [-0.05, 0) is 26.3 Å². The van der Waals surface area contributed by atoms with E-state index < -0.39 is 0 Å². The second kappa shape index (κ2) is 12.6. The third kappa shape index (κ3) is 10.1. The summed E-state index contributed by atoms with van der Waals surface area (Å²) in [4.78, 5) is 11.9. The van der Waals surface area contributed by atoms with Gasteiger partial charge in [-0.2, -0.15) is 0 Å². The number of hydrogen-bond donors (Lipinski definition) is 0. The minimum Gasteiger partial charge on any atom is -0.348 e. The molecule has 0 aliphatic carbocycles. The van der Waals surface area contributed by atoms with Gasteiger partial charge in [0.25, 0.3) is 0 Å². The van der Waals surface area contributed by atoms with Gasteiger partial charge in [-0.15, -0.1) is 0 Å². The molecule has 10 heteroatoms. The van der Waals surface area contributed by atoms with Crippen molar-refractivity contribution in [2.24, 2.45) is 4.99 Å². The van der Waals surface area contributed by atoms with Crippen molar-refractivity contribution in [1.29, 1.82) is 0 Å². The van der Waals surface area contributed by atoms with E-state index in [1.165, 1.54) is 0 Å². The lowest BCUT2D eigenvalue weighted by Crippen LogP contribution is -2.40. The number of isothiocyanates is 1. The molecule has 2 rings (SSSR count). The zero-order valence-corrected chi connectivity index (χ0v) is 17.7. The number of aliphatic imine (C=N–C) groups is 1. The molecule has 0 radical (unpaired) electrons. The van der Waals surface area contributed by atoms with Crippen LogP contribution in [0.5, 0.6) is 0 Å². The van der Waals surface area contributed by atoms with E-state index in [4.69, 9.17) is 24.4 Å². The van der Waals surface area contributed by atoms with Crippen LogP contribution in [0.1, 0.15) is 0 Å². The summed E-state index contributed by atoms with van der Waals surface area (Å²) in [5.74, 6) is 2.06. The Kier molecular flexibility index (Phi) is 12.7. The van der Waals surface area contributed by atoms with Crippen molar-refractivity contribution < 1.29 is 0 Å². The lowest BCUT2D eigenvalue weighted by Gasteiger charge is -2.31. The molecule has 0 amide bonds. The fourth-order valence-electron chi connectivity index (χ4n) is 1.47. The topological polar surface area (TPSA) is 25.3 Å². The highest BCUT2D eigenvalue weighted by atomic mass is 32.2. The van der Waals surface area contributed by atoms with E-state index in [2.05, 4.69) is 56.1 Å². The predicted molar refractivity (Wildman–Crippen MR) is 112 cm³/mol. The highest BCUT2D eigenvalue weighted by molar-refractivity contribution is 8.23. The number of rotatable bonds is 0. The molecular formula is C12H23N5S5. The molecule has 0 N–H and O–H groups in total. The maximum absolute atomic E-state index is 5.04. The second-order valence-corrected chi connectivity index (χ2v) is 8.12. The molecule has 2 heterocycles. The molecule has 0 saturated carbocycles. The lowest BCUT2D eigenvalue weighted by atomic mass is 10.8. The van der Waals surface area contributed by atoms with E-state index in [0.717, 1.165) is 33.7 Å². The molecule has 126 valence electrons. The van der Waals surface area contributed by atoms with Crippen LogP contribution in [0.4, 0.5) is 0 Å². The van der Waals surface area contributed by atoms with Gasteiger partial charge in [-0.1, -0.05) is 48.0 Å². The first-order valence-electron chi connectivity index (χ1n) is 6.40. The fraction of sp³-hybridized carbons (Fsp3) is 0.750. The summed E-state index contributed by atoms with van der Waals surface area (Å²) in [5.41, 5.74) is 0. The highest BCUT2D eigenvalue weighted by Gasteiger charge is 2.14. The molecule has 0 bridgehead atoms. The van der Waals surface area contributed by atoms with Crippen molar-refractivity contribution in [3.8, 4) is 0 Å². The molecule has 0 aromatic rings. The SMILES string of the molecule is CN1CSC(=S)N(C)C1.CN1CSC(=S)N(C)C1.CN=C=S. The Bertz CT molecular complexity index is 383. The molecular weight excluding hydrogens is 375 g/mol.